The van der Waals surface area contributed by atoms with Crippen LogP contribution in [0.3, 0.4) is 0 Å². The summed E-state index contributed by atoms with van der Waals surface area (Å²) in [6.45, 7) is 3.88. The molecular weight excluding hydrogens is 219 g/mol. The lowest BCUT2D eigenvalue weighted by Gasteiger charge is -2.01. The number of pyridine rings is 1. The maximum absolute atomic E-state index is 11.5. The van der Waals surface area contributed by atoms with Crippen LogP contribution in [0.1, 0.15) is 32.3 Å². The summed E-state index contributed by atoms with van der Waals surface area (Å²) in [6, 6.07) is 1.78. The molecule has 0 spiro atoms. The molecule has 2 radical (unpaired) electrons. The summed E-state index contributed by atoms with van der Waals surface area (Å²) in [5.74, 6) is 0.615. The van der Waals surface area contributed by atoms with Gasteiger partial charge in [0.05, 0.1) is 5.71 Å². The average Bonchev–Trinajstić information content (AvgIpc) is 2.26. The smallest absolute Gasteiger partial charge is 0.139 e. The first kappa shape index (κ1) is 13.1. The normalized spacial score (nSPS) is 13.8. The molecule has 1 atom stereocenters. The lowest BCUT2D eigenvalue weighted by molar-refractivity contribution is 0.681. The average molecular weight is 234 g/mol. The summed E-state index contributed by atoms with van der Waals surface area (Å²) in [4.78, 5) is 3.97. The van der Waals surface area contributed by atoms with E-state index < -0.39 is 11.0 Å². The molecule has 5 heteroatoms. The van der Waals surface area contributed by atoms with Crippen molar-refractivity contribution < 1.29 is 4.21 Å². The summed E-state index contributed by atoms with van der Waals surface area (Å²) >= 11 is 0. The molecule has 1 aromatic rings. The molecule has 1 heterocycles. The Morgan fingerprint density at radius 3 is 2.94 bits per heavy atom. The van der Waals surface area contributed by atoms with Gasteiger partial charge in [0, 0.05) is 23.7 Å². The molecule has 0 aliphatic carbocycles. The molecule has 3 nitrogen and oxygen atoms in total. The molecular formula is C11H15BN2OS. The molecule has 1 unspecified atom stereocenters. The van der Waals surface area contributed by atoms with Crippen molar-refractivity contribution in [1.29, 1.82) is 0 Å². The van der Waals surface area contributed by atoms with E-state index in [0.29, 0.717) is 16.9 Å². The van der Waals surface area contributed by atoms with Crippen molar-refractivity contribution in [2.24, 2.45) is 4.40 Å². The highest BCUT2D eigenvalue weighted by molar-refractivity contribution is 7.83. The number of unbranched alkanes of at least 4 members (excludes halogenated alkanes) is 1. The second-order valence-corrected chi connectivity index (χ2v) is 4.80. The summed E-state index contributed by atoms with van der Waals surface area (Å²) in [5.41, 5.74) is 2.13. The molecule has 0 saturated carbocycles. The molecule has 0 saturated heterocycles. The van der Waals surface area contributed by atoms with Gasteiger partial charge in [-0.05, 0) is 13.3 Å². The number of hydrogen-bond donors (Lipinski definition) is 0. The van der Waals surface area contributed by atoms with Crippen LogP contribution in [-0.2, 0) is 11.0 Å². The van der Waals surface area contributed by atoms with E-state index in [-0.39, 0.29) is 0 Å². The Bertz CT molecular complexity index is 407. The van der Waals surface area contributed by atoms with E-state index in [4.69, 9.17) is 7.85 Å². The van der Waals surface area contributed by atoms with Crippen LogP contribution >= 0.6 is 0 Å². The monoisotopic (exact) mass is 234 g/mol. The highest BCUT2D eigenvalue weighted by atomic mass is 32.2. The fourth-order valence-electron chi connectivity index (χ4n) is 1.17. The SMILES string of the molecule is [B]c1cncc(/C(C)=N\S(=O)CCCC)c1. The Balaban J connectivity index is 2.73. The quantitative estimate of drug-likeness (QED) is 0.566. The Hall–Kier alpha value is -0.965. The highest BCUT2D eigenvalue weighted by Gasteiger charge is 2.01. The first-order valence-electron chi connectivity index (χ1n) is 5.28. The topological polar surface area (TPSA) is 42.3 Å². The minimum atomic E-state index is -1.14. The second kappa shape index (κ2) is 6.58. The zero-order valence-corrected chi connectivity index (χ0v) is 10.5. The molecule has 0 amide bonds. The zero-order chi connectivity index (χ0) is 12.0. The van der Waals surface area contributed by atoms with E-state index >= 15 is 0 Å². The number of hydrogen-bond acceptors (Lipinski definition) is 2. The third-order valence-electron chi connectivity index (χ3n) is 2.09. The third-order valence-corrected chi connectivity index (χ3v) is 3.20. The van der Waals surface area contributed by atoms with Gasteiger partial charge in [0.2, 0.25) is 0 Å². The number of rotatable bonds is 5. The van der Waals surface area contributed by atoms with Crippen LogP contribution < -0.4 is 5.46 Å². The fraction of sp³-hybridized carbons (Fsp3) is 0.455. The van der Waals surface area contributed by atoms with Crippen LogP contribution in [0.4, 0.5) is 0 Å². The van der Waals surface area contributed by atoms with Crippen molar-refractivity contribution in [3.63, 3.8) is 0 Å². The van der Waals surface area contributed by atoms with Crippen LogP contribution in [0.15, 0.2) is 22.9 Å². The molecule has 84 valence electrons. The minimum absolute atomic E-state index is 0.589. The Morgan fingerprint density at radius 2 is 2.31 bits per heavy atom. The van der Waals surface area contributed by atoms with Crippen LogP contribution in [-0.4, -0.2) is 28.5 Å². The van der Waals surface area contributed by atoms with Gasteiger partial charge in [-0.3, -0.25) is 4.98 Å². The van der Waals surface area contributed by atoms with E-state index in [1.165, 1.54) is 0 Å². The third kappa shape index (κ3) is 4.27. The van der Waals surface area contributed by atoms with Gasteiger partial charge in [0.15, 0.2) is 0 Å². The van der Waals surface area contributed by atoms with E-state index in [2.05, 4.69) is 16.3 Å². The second-order valence-electron chi connectivity index (χ2n) is 3.56. The Labute approximate surface area is 100 Å². The largest absolute Gasteiger partial charge is 0.265 e. The van der Waals surface area contributed by atoms with Gasteiger partial charge in [-0.15, -0.1) is 0 Å². The van der Waals surface area contributed by atoms with Crippen molar-refractivity contribution in [2.75, 3.05) is 5.75 Å². The van der Waals surface area contributed by atoms with Crippen molar-refractivity contribution >= 4 is 30.0 Å². The predicted molar refractivity (Wildman–Crippen MR) is 69.8 cm³/mol. The Kier molecular flexibility index (Phi) is 5.39. The summed E-state index contributed by atoms with van der Waals surface area (Å²) in [7, 11) is 4.48. The van der Waals surface area contributed by atoms with Gasteiger partial charge in [-0.1, -0.05) is 24.9 Å². The van der Waals surface area contributed by atoms with Gasteiger partial charge in [-0.2, -0.15) is 4.40 Å². The lowest BCUT2D eigenvalue weighted by Crippen LogP contribution is -2.08. The van der Waals surface area contributed by atoms with E-state index in [1.54, 1.807) is 18.5 Å². The molecule has 0 bridgehead atoms. The zero-order valence-electron chi connectivity index (χ0n) is 9.64. The molecule has 0 aromatic carbocycles. The van der Waals surface area contributed by atoms with Crippen LogP contribution in [0, 0.1) is 0 Å². The van der Waals surface area contributed by atoms with Gasteiger partial charge in [0.25, 0.3) is 0 Å². The van der Waals surface area contributed by atoms with Crippen LogP contribution in [0.25, 0.3) is 0 Å². The van der Waals surface area contributed by atoms with Crippen molar-refractivity contribution in [3.05, 3.63) is 24.0 Å². The van der Waals surface area contributed by atoms with Crippen molar-refractivity contribution in [1.82, 2.24) is 4.98 Å². The predicted octanol–water partition coefficient (Wildman–Crippen LogP) is 1.15. The standard InChI is InChI=1S/C11H15BN2OS/c1-3-4-5-16(15)14-9(2)10-6-11(12)8-13-7-10/h6-8H,3-5H2,1-2H3/b14-9-. The van der Waals surface area contributed by atoms with Crippen LogP contribution in [0.2, 0.25) is 0 Å². The summed E-state index contributed by atoms with van der Waals surface area (Å²) in [5, 5.41) is 0. The lowest BCUT2D eigenvalue weighted by atomic mass is 9.96. The molecule has 0 aliphatic heterocycles. The highest BCUT2D eigenvalue weighted by Crippen LogP contribution is 2.00. The molecule has 1 rings (SSSR count). The maximum atomic E-state index is 11.5. The summed E-state index contributed by atoms with van der Waals surface area (Å²) < 4.78 is 15.7. The van der Waals surface area contributed by atoms with Crippen molar-refractivity contribution in [3.8, 4) is 0 Å². The molecule has 0 fully saturated rings. The van der Waals surface area contributed by atoms with E-state index in [9.17, 15) is 4.21 Å². The number of aromatic nitrogens is 1. The Morgan fingerprint density at radius 1 is 1.56 bits per heavy atom. The van der Waals surface area contributed by atoms with Crippen LogP contribution in [0.5, 0.6) is 0 Å². The first-order valence-corrected chi connectivity index (χ1v) is 6.55. The molecule has 1 aromatic heterocycles. The number of nitrogens with zero attached hydrogens (tertiary/aromatic N) is 2. The van der Waals surface area contributed by atoms with Gasteiger partial charge in [0.1, 0.15) is 18.8 Å². The first-order chi connectivity index (χ1) is 7.63. The molecule has 16 heavy (non-hydrogen) atoms. The van der Waals surface area contributed by atoms with Gasteiger partial charge in [-0.25, -0.2) is 4.21 Å². The van der Waals surface area contributed by atoms with Gasteiger partial charge < -0.3 is 0 Å². The van der Waals surface area contributed by atoms with E-state index in [1.807, 2.05) is 6.92 Å². The van der Waals surface area contributed by atoms with E-state index in [0.717, 1.165) is 18.4 Å². The maximum Gasteiger partial charge on any atom is 0.139 e. The van der Waals surface area contributed by atoms with Gasteiger partial charge >= 0.3 is 0 Å². The van der Waals surface area contributed by atoms with Crippen molar-refractivity contribution in [2.45, 2.75) is 26.7 Å². The minimum Gasteiger partial charge on any atom is -0.265 e. The fourth-order valence-corrected chi connectivity index (χ4v) is 2.21. The molecule has 0 N–H and O–H groups in total. The summed E-state index contributed by atoms with van der Waals surface area (Å²) in [6.07, 6.45) is 5.20. The molecule has 0 aliphatic rings.